The largest absolute Gasteiger partial charge is 0.506 e. The van der Waals surface area contributed by atoms with Crippen LogP contribution >= 0.6 is 0 Å². The lowest BCUT2D eigenvalue weighted by Gasteiger charge is -2.13. The van der Waals surface area contributed by atoms with Crippen molar-refractivity contribution in [2.75, 3.05) is 13.2 Å². The molecule has 0 unspecified atom stereocenters. The lowest BCUT2D eigenvalue weighted by molar-refractivity contribution is -0.149. The van der Waals surface area contributed by atoms with Gasteiger partial charge in [0.05, 0.1) is 5.69 Å². The summed E-state index contributed by atoms with van der Waals surface area (Å²) in [6.07, 6.45) is 1.36. The summed E-state index contributed by atoms with van der Waals surface area (Å²) in [5.41, 5.74) is 0.878. The standard InChI is InChI=1S/C12H15NO7/c1-7-12(18)9(6-20-11(17)4-15)8(2-13-7)5-19-10(16)3-14/h2,14-15,18H,3-6H2,1H3. The summed E-state index contributed by atoms with van der Waals surface area (Å²) < 4.78 is 9.44. The average molecular weight is 285 g/mol. The molecule has 110 valence electrons. The van der Waals surface area contributed by atoms with Crippen molar-refractivity contribution in [1.82, 2.24) is 4.98 Å². The summed E-state index contributed by atoms with van der Waals surface area (Å²) in [5, 5.41) is 27.0. The van der Waals surface area contributed by atoms with Crippen LogP contribution in [-0.4, -0.2) is 45.5 Å². The first-order valence-electron chi connectivity index (χ1n) is 5.68. The van der Waals surface area contributed by atoms with Crippen molar-refractivity contribution in [2.24, 2.45) is 0 Å². The summed E-state index contributed by atoms with van der Waals surface area (Å²) in [7, 11) is 0. The van der Waals surface area contributed by atoms with E-state index in [1.54, 1.807) is 6.92 Å². The number of rotatable bonds is 6. The predicted octanol–water partition coefficient (Wildman–Crippen LogP) is -0.833. The van der Waals surface area contributed by atoms with Crippen molar-refractivity contribution in [3.05, 3.63) is 23.0 Å². The summed E-state index contributed by atoms with van der Waals surface area (Å²) in [4.78, 5) is 25.7. The molecule has 1 aromatic rings. The van der Waals surface area contributed by atoms with Crippen molar-refractivity contribution in [3.8, 4) is 5.75 Å². The summed E-state index contributed by atoms with van der Waals surface area (Å²) >= 11 is 0. The number of aryl methyl sites for hydroxylation is 1. The van der Waals surface area contributed by atoms with E-state index < -0.39 is 25.2 Å². The highest BCUT2D eigenvalue weighted by atomic mass is 16.5. The van der Waals surface area contributed by atoms with Gasteiger partial charge < -0.3 is 24.8 Å². The van der Waals surface area contributed by atoms with E-state index in [1.165, 1.54) is 6.20 Å². The van der Waals surface area contributed by atoms with Crippen molar-refractivity contribution >= 4 is 11.9 Å². The Balaban J connectivity index is 2.89. The topological polar surface area (TPSA) is 126 Å². The molecule has 8 heteroatoms. The zero-order chi connectivity index (χ0) is 15.1. The molecule has 0 aliphatic heterocycles. The first kappa shape index (κ1) is 15.9. The summed E-state index contributed by atoms with van der Waals surface area (Å²) in [6, 6.07) is 0. The van der Waals surface area contributed by atoms with Gasteiger partial charge in [0.25, 0.3) is 0 Å². The van der Waals surface area contributed by atoms with Gasteiger partial charge in [-0.2, -0.15) is 0 Å². The van der Waals surface area contributed by atoms with Crippen molar-refractivity contribution in [3.63, 3.8) is 0 Å². The van der Waals surface area contributed by atoms with Crippen LogP contribution in [0.15, 0.2) is 6.20 Å². The van der Waals surface area contributed by atoms with Gasteiger partial charge in [-0.1, -0.05) is 0 Å². The number of nitrogens with zero attached hydrogens (tertiary/aromatic N) is 1. The van der Waals surface area contributed by atoms with Gasteiger partial charge in [-0.05, 0) is 6.92 Å². The van der Waals surface area contributed by atoms with E-state index in [0.717, 1.165) is 0 Å². The van der Waals surface area contributed by atoms with Crippen LogP contribution in [0.1, 0.15) is 16.8 Å². The number of ether oxygens (including phenoxy) is 2. The molecule has 20 heavy (non-hydrogen) atoms. The number of aliphatic hydroxyl groups excluding tert-OH is 2. The van der Waals surface area contributed by atoms with Gasteiger partial charge in [-0.15, -0.1) is 0 Å². The Hall–Kier alpha value is -2.19. The smallest absolute Gasteiger partial charge is 0.332 e. The molecule has 0 atom stereocenters. The normalized spacial score (nSPS) is 10.2. The van der Waals surface area contributed by atoms with E-state index in [4.69, 9.17) is 19.7 Å². The second kappa shape index (κ2) is 7.41. The van der Waals surface area contributed by atoms with Crippen LogP contribution in [-0.2, 0) is 32.3 Å². The molecular weight excluding hydrogens is 270 g/mol. The Labute approximate surface area is 114 Å². The average Bonchev–Trinajstić information content (AvgIpc) is 2.46. The number of carbonyl (C=O) groups is 2. The van der Waals surface area contributed by atoms with Crippen molar-refractivity contribution in [1.29, 1.82) is 0 Å². The van der Waals surface area contributed by atoms with E-state index in [1.807, 2.05) is 0 Å². The Morgan fingerprint density at radius 2 is 1.70 bits per heavy atom. The molecule has 1 rings (SSSR count). The van der Waals surface area contributed by atoms with Gasteiger partial charge in [0, 0.05) is 17.3 Å². The molecule has 3 N–H and O–H groups in total. The lowest BCUT2D eigenvalue weighted by atomic mass is 10.1. The van der Waals surface area contributed by atoms with E-state index in [2.05, 4.69) is 4.98 Å². The van der Waals surface area contributed by atoms with Crippen LogP contribution in [0.5, 0.6) is 5.75 Å². The number of aromatic nitrogens is 1. The van der Waals surface area contributed by atoms with Crippen LogP contribution < -0.4 is 0 Å². The molecule has 1 heterocycles. The quantitative estimate of drug-likeness (QED) is 0.578. The first-order valence-corrected chi connectivity index (χ1v) is 5.68. The number of aromatic hydroxyl groups is 1. The number of aliphatic hydroxyl groups is 2. The molecular formula is C12H15NO7. The molecule has 0 aromatic carbocycles. The number of hydrogen-bond acceptors (Lipinski definition) is 8. The number of pyridine rings is 1. The minimum Gasteiger partial charge on any atom is -0.506 e. The minimum absolute atomic E-state index is 0.187. The monoisotopic (exact) mass is 285 g/mol. The van der Waals surface area contributed by atoms with Gasteiger partial charge in [-0.25, -0.2) is 9.59 Å². The molecule has 0 bridgehead atoms. The SMILES string of the molecule is Cc1ncc(COC(=O)CO)c(COC(=O)CO)c1O. The highest BCUT2D eigenvalue weighted by Gasteiger charge is 2.15. The van der Waals surface area contributed by atoms with E-state index in [9.17, 15) is 14.7 Å². The second-order valence-electron chi connectivity index (χ2n) is 3.83. The molecule has 0 radical (unpaired) electrons. The lowest BCUT2D eigenvalue weighted by Crippen LogP contribution is -2.13. The fourth-order valence-corrected chi connectivity index (χ4v) is 1.37. The number of hydrogen-bond donors (Lipinski definition) is 3. The third-order valence-electron chi connectivity index (χ3n) is 2.45. The number of carbonyl (C=O) groups excluding carboxylic acids is 2. The van der Waals surface area contributed by atoms with Crippen LogP contribution in [0.4, 0.5) is 0 Å². The van der Waals surface area contributed by atoms with Gasteiger partial charge in [0.15, 0.2) is 0 Å². The molecule has 0 saturated carbocycles. The van der Waals surface area contributed by atoms with Crippen molar-refractivity contribution < 1.29 is 34.4 Å². The van der Waals surface area contributed by atoms with E-state index in [0.29, 0.717) is 11.3 Å². The van der Waals surface area contributed by atoms with Crippen LogP contribution in [0, 0.1) is 6.92 Å². The molecule has 1 aromatic heterocycles. The summed E-state index contributed by atoms with van der Waals surface area (Å²) in [6.45, 7) is -0.511. The first-order chi connectivity index (χ1) is 9.49. The van der Waals surface area contributed by atoms with E-state index >= 15 is 0 Å². The highest BCUT2D eigenvalue weighted by molar-refractivity contribution is 5.71. The molecule has 0 amide bonds. The Morgan fingerprint density at radius 1 is 1.15 bits per heavy atom. The minimum atomic E-state index is -0.850. The Kier molecular flexibility index (Phi) is 5.88. The van der Waals surface area contributed by atoms with Crippen LogP contribution in [0.2, 0.25) is 0 Å². The maximum atomic E-state index is 10.9. The second-order valence-corrected chi connectivity index (χ2v) is 3.83. The maximum Gasteiger partial charge on any atom is 0.332 e. The number of esters is 2. The fraction of sp³-hybridized carbons (Fsp3) is 0.417. The zero-order valence-electron chi connectivity index (χ0n) is 10.8. The molecule has 0 spiro atoms. The molecule has 0 saturated heterocycles. The van der Waals surface area contributed by atoms with Crippen molar-refractivity contribution in [2.45, 2.75) is 20.1 Å². The predicted molar refractivity (Wildman–Crippen MR) is 64.4 cm³/mol. The third-order valence-corrected chi connectivity index (χ3v) is 2.45. The Morgan fingerprint density at radius 3 is 2.25 bits per heavy atom. The zero-order valence-corrected chi connectivity index (χ0v) is 10.8. The van der Waals surface area contributed by atoms with Gasteiger partial charge >= 0.3 is 11.9 Å². The van der Waals surface area contributed by atoms with Gasteiger partial charge in [0.1, 0.15) is 32.2 Å². The van der Waals surface area contributed by atoms with Crippen LogP contribution in [0.25, 0.3) is 0 Å². The molecule has 0 aliphatic carbocycles. The summed E-state index contributed by atoms with van der Waals surface area (Å²) in [5.74, 6) is -1.87. The highest BCUT2D eigenvalue weighted by Crippen LogP contribution is 2.25. The molecule has 0 fully saturated rings. The van der Waals surface area contributed by atoms with E-state index in [-0.39, 0.29) is 24.5 Å². The molecule has 0 aliphatic rings. The van der Waals surface area contributed by atoms with Gasteiger partial charge in [0.2, 0.25) is 0 Å². The third kappa shape index (κ3) is 4.18. The Bertz CT molecular complexity index is 501. The maximum absolute atomic E-state index is 10.9. The fourth-order valence-electron chi connectivity index (χ4n) is 1.37. The van der Waals surface area contributed by atoms with Gasteiger partial charge in [-0.3, -0.25) is 4.98 Å². The van der Waals surface area contributed by atoms with Crippen LogP contribution in [0.3, 0.4) is 0 Å². The molecule has 8 nitrogen and oxygen atoms in total.